The van der Waals surface area contributed by atoms with Gasteiger partial charge in [0.05, 0.1) is 37.4 Å². The number of esters is 2. The summed E-state index contributed by atoms with van der Waals surface area (Å²) in [4.78, 5) is 26.7. The lowest BCUT2D eigenvalue weighted by Gasteiger charge is -2.73. The predicted molar refractivity (Wildman–Crippen MR) is 229 cm³/mol. The Morgan fingerprint density at radius 2 is 1.39 bits per heavy atom. The van der Waals surface area contributed by atoms with Gasteiger partial charge < -0.3 is 83.9 Å². The van der Waals surface area contributed by atoms with Crippen LogP contribution in [-0.4, -0.2) is 182 Å². The monoisotopic (exact) mass is 956 g/mol. The first-order valence-electron chi connectivity index (χ1n) is 24.6. The highest BCUT2D eigenvalue weighted by molar-refractivity contribution is 5.81. The van der Waals surface area contributed by atoms with E-state index >= 15 is 0 Å². The molecule has 2 bridgehead atoms. The van der Waals surface area contributed by atoms with Crippen LogP contribution in [0.2, 0.25) is 0 Å². The highest BCUT2D eigenvalue weighted by Gasteiger charge is 2.77. The highest BCUT2D eigenvalue weighted by Crippen LogP contribution is 2.79. The molecule has 382 valence electrons. The van der Waals surface area contributed by atoms with Gasteiger partial charge in [0, 0.05) is 12.3 Å². The summed E-state index contributed by atoms with van der Waals surface area (Å²) in [6.45, 7) is 14.2. The fourth-order valence-corrected chi connectivity index (χ4v) is 16.5. The highest BCUT2D eigenvalue weighted by atomic mass is 16.8. The number of carbonyl (C=O) groups is 2. The molecule has 9 N–H and O–H groups in total. The molecule has 67 heavy (non-hydrogen) atoms. The van der Waals surface area contributed by atoms with Crippen molar-refractivity contribution in [1.29, 1.82) is 0 Å². The largest absolute Gasteiger partial charge is 0.467 e. The molecule has 0 amide bonds. The molecular formula is C48H76O19. The molecule has 9 aliphatic rings. The molecule has 25 unspecified atom stereocenters. The van der Waals surface area contributed by atoms with Gasteiger partial charge in [-0.3, -0.25) is 4.79 Å². The van der Waals surface area contributed by atoms with E-state index in [2.05, 4.69) is 34.6 Å². The normalized spacial score (nSPS) is 54.8. The summed E-state index contributed by atoms with van der Waals surface area (Å²) >= 11 is 0. The number of aliphatic hydroxyl groups excluding tert-OH is 8. The van der Waals surface area contributed by atoms with E-state index in [1.165, 1.54) is 0 Å². The van der Waals surface area contributed by atoms with Gasteiger partial charge in [-0.1, -0.05) is 34.6 Å². The summed E-state index contributed by atoms with van der Waals surface area (Å²) in [5.41, 5.74) is -2.36. The van der Waals surface area contributed by atoms with Crippen molar-refractivity contribution in [3.63, 3.8) is 0 Å². The second-order valence-electron chi connectivity index (χ2n) is 23.8. The number of methoxy groups -OCH3 is 1. The number of hydrogen-bond acceptors (Lipinski definition) is 19. The van der Waals surface area contributed by atoms with Crippen LogP contribution in [0, 0.1) is 56.7 Å². The summed E-state index contributed by atoms with van der Waals surface area (Å²) < 4.78 is 47.4. The summed E-state index contributed by atoms with van der Waals surface area (Å²) in [5.74, 6) is -0.407. The summed E-state index contributed by atoms with van der Waals surface area (Å²) in [5, 5.41) is 98.0. The standard InChI is InChI=1S/C48H76O19/c1-43(2)24-11-14-47(7)25(10-9-20-27-28(44(3,4)59)22-17-48(27,42(58)63-22)16-15-46(20,47)6)45(24,5)13-12-26(43)64-41-37(33(55)32(54)35(65-41)38(57)60-8)67-40-36(31(53)30(52)23(18-49)62-40)66-39-34(56)29(51)21(50)19-61-39/h20-37,39-41,49-56,59H,9-19H2,1-8H3. The molecule has 4 saturated heterocycles. The first kappa shape index (κ1) is 50.3. The Kier molecular flexibility index (Phi) is 12.9. The van der Waals surface area contributed by atoms with Gasteiger partial charge in [-0.25, -0.2) is 4.79 Å². The molecule has 19 nitrogen and oxygen atoms in total. The first-order chi connectivity index (χ1) is 31.3. The van der Waals surface area contributed by atoms with Gasteiger partial charge in [-0.2, -0.15) is 0 Å². The summed E-state index contributed by atoms with van der Waals surface area (Å²) in [6, 6.07) is 0. The van der Waals surface area contributed by atoms with Crippen LogP contribution >= 0.6 is 0 Å². The van der Waals surface area contributed by atoms with E-state index in [1.807, 2.05) is 13.8 Å². The zero-order valence-electron chi connectivity index (χ0n) is 40.0. The lowest BCUT2D eigenvalue weighted by Crippen LogP contribution is -2.69. The van der Waals surface area contributed by atoms with Gasteiger partial charge in [-0.15, -0.1) is 0 Å². The average Bonchev–Trinajstić information content (AvgIpc) is 3.78. The Labute approximate surface area is 391 Å². The Morgan fingerprint density at radius 1 is 0.731 bits per heavy atom. The van der Waals surface area contributed by atoms with Crippen LogP contribution in [0.5, 0.6) is 0 Å². The average molecular weight is 957 g/mol. The fourth-order valence-electron chi connectivity index (χ4n) is 16.5. The van der Waals surface area contributed by atoms with Crippen molar-refractivity contribution < 1.29 is 93.4 Å². The third kappa shape index (κ3) is 7.44. The van der Waals surface area contributed by atoms with Crippen molar-refractivity contribution in [2.24, 2.45) is 56.7 Å². The second kappa shape index (κ2) is 17.2. The molecule has 19 heteroatoms. The zero-order chi connectivity index (χ0) is 48.7. The van der Waals surface area contributed by atoms with E-state index in [4.69, 9.17) is 37.9 Å². The molecular weight excluding hydrogens is 881 g/mol. The topological polar surface area (TPSA) is 290 Å². The molecule has 1 spiro atoms. The van der Waals surface area contributed by atoms with Crippen LogP contribution in [0.25, 0.3) is 0 Å². The van der Waals surface area contributed by atoms with Gasteiger partial charge in [-0.05, 0) is 111 Å². The minimum Gasteiger partial charge on any atom is -0.467 e. The molecule has 9 rings (SSSR count). The molecule has 5 saturated carbocycles. The molecule has 0 aromatic carbocycles. The van der Waals surface area contributed by atoms with Crippen molar-refractivity contribution in [3.05, 3.63) is 0 Å². The minimum absolute atomic E-state index is 0.0486. The number of rotatable bonds is 9. The third-order valence-corrected chi connectivity index (χ3v) is 20.0. The molecule has 0 aromatic rings. The number of ether oxygens (including phenoxy) is 8. The van der Waals surface area contributed by atoms with Crippen LogP contribution in [0.4, 0.5) is 0 Å². The first-order valence-corrected chi connectivity index (χ1v) is 24.6. The van der Waals surface area contributed by atoms with Gasteiger partial charge in [0.2, 0.25) is 0 Å². The Hall–Kier alpha value is -1.66. The van der Waals surface area contributed by atoms with E-state index < -0.39 is 128 Å². The van der Waals surface area contributed by atoms with Gasteiger partial charge in [0.25, 0.3) is 0 Å². The van der Waals surface area contributed by atoms with Crippen LogP contribution < -0.4 is 0 Å². The maximum absolute atomic E-state index is 13.6. The van der Waals surface area contributed by atoms with Gasteiger partial charge in [0.15, 0.2) is 25.0 Å². The van der Waals surface area contributed by atoms with E-state index in [-0.39, 0.29) is 52.0 Å². The molecule has 5 aliphatic carbocycles. The van der Waals surface area contributed by atoms with Gasteiger partial charge >= 0.3 is 11.9 Å². The number of aliphatic hydroxyl groups is 9. The van der Waals surface area contributed by atoms with E-state index in [1.54, 1.807) is 0 Å². The molecule has 4 aliphatic heterocycles. The van der Waals surface area contributed by atoms with Crippen LogP contribution in [0.15, 0.2) is 0 Å². The van der Waals surface area contributed by atoms with Crippen LogP contribution in [0.3, 0.4) is 0 Å². The fraction of sp³-hybridized carbons (Fsp3) is 0.958. The van der Waals surface area contributed by atoms with E-state index in [0.717, 1.165) is 52.1 Å². The van der Waals surface area contributed by atoms with Gasteiger partial charge in [0.1, 0.15) is 67.1 Å². The summed E-state index contributed by atoms with van der Waals surface area (Å²) in [7, 11) is 1.11. The quantitative estimate of drug-likeness (QED) is 0.109. The van der Waals surface area contributed by atoms with Crippen molar-refractivity contribution in [1.82, 2.24) is 0 Å². The van der Waals surface area contributed by atoms with Crippen molar-refractivity contribution >= 4 is 11.9 Å². The number of hydrogen-bond donors (Lipinski definition) is 9. The van der Waals surface area contributed by atoms with Crippen molar-refractivity contribution in [3.8, 4) is 0 Å². The lowest BCUT2D eigenvalue weighted by atomic mass is 9.32. The second-order valence-corrected chi connectivity index (χ2v) is 23.8. The smallest absolute Gasteiger partial charge is 0.337 e. The van der Waals surface area contributed by atoms with E-state index in [9.17, 15) is 55.5 Å². The molecule has 25 atom stereocenters. The van der Waals surface area contributed by atoms with Crippen molar-refractivity contribution in [2.45, 2.75) is 210 Å². The SMILES string of the molecule is COC(=O)C1OC(OC2CCC3(C)C(CCC4(C)C3CCC3C5C(C(C)(C)O)C6CC5(CCC34C)C(=O)O6)C2(C)C)C(OC2OC(CO)C(O)C(O)C2OC2OCC(O)C(O)C2O)C(O)C1O. The molecule has 0 radical (unpaired) electrons. The van der Waals surface area contributed by atoms with E-state index in [0.29, 0.717) is 18.8 Å². The predicted octanol–water partition coefficient (Wildman–Crippen LogP) is 0.0274. The van der Waals surface area contributed by atoms with Crippen LogP contribution in [-0.2, 0) is 47.5 Å². The molecule has 0 aromatic heterocycles. The Bertz CT molecular complexity index is 1860. The summed E-state index contributed by atoms with van der Waals surface area (Å²) in [6.07, 6.45) is -17.3. The Balaban J connectivity index is 0.977. The van der Waals surface area contributed by atoms with Crippen LogP contribution in [0.1, 0.15) is 106 Å². The minimum atomic E-state index is -1.90. The maximum Gasteiger partial charge on any atom is 0.337 e. The molecule has 4 heterocycles. The Morgan fingerprint density at radius 3 is 2.04 bits per heavy atom. The van der Waals surface area contributed by atoms with Crippen molar-refractivity contribution in [2.75, 3.05) is 20.3 Å². The number of fused-ring (bicyclic) bond motifs is 7. The maximum atomic E-state index is 13.6. The number of carbonyl (C=O) groups excluding carboxylic acids is 2. The molecule has 9 fully saturated rings. The zero-order valence-corrected chi connectivity index (χ0v) is 40.0. The third-order valence-electron chi connectivity index (χ3n) is 20.0. The lowest BCUT2D eigenvalue weighted by molar-refractivity contribution is -0.393.